The molecular formula is C12H12FN3. The maximum Gasteiger partial charge on any atom is 0.227 e. The van der Waals surface area contributed by atoms with E-state index in [1.807, 2.05) is 26.0 Å². The Kier molecular flexibility index (Phi) is 2.81. The van der Waals surface area contributed by atoms with E-state index in [-0.39, 0.29) is 5.82 Å². The lowest BCUT2D eigenvalue weighted by molar-refractivity contribution is 0.627. The molecule has 1 heterocycles. The van der Waals surface area contributed by atoms with Gasteiger partial charge in [0.1, 0.15) is 5.82 Å². The molecule has 2 aromatic rings. The van der Waals surface area contributed by atoms with Crippen molar-refractivity contribution in [2.24, 2.45) is 0 Å². The number of aryl methyl sites for hydroxylation is 2. The van der Waals surface area contributed by atoms with Gasteiger partial charge in [0.2, 0.25) is 5.95 Å². The van der Waals surface area contributed by atoms with Gasteiger partial charge in [0.15, 0.2) is 0 Å². The van der Waals surface area contributed by atoms with Crippen molar-refractivity contribution in [3.63, 3.8) is 0 Å². The van der Waals surface area contributed by atoms with Gasteiger partial charge in [0, 0.05) is 17.6 Å². The average molecular weight is 217 g/mol. The fourth-order valence-corrected chi connectivity index (χ4v) is 1.45. The van der Waals surface area contributed by atoms with E-state index >= 15 is 0 Å². The molecule has 1 aromatic heterocycles. The Labute approximate surface area is 93.4 Å². The number of nitrogens with zero attached hydrogens (tertiary/aromatic N) is 2. The molecule has 0 unspecified atom stereocenters. The van der Waals surface area contributed by atoms with Crippen LogP contribution in [0.3, 0.4) is 0 Å². The van der Waals surface area contributed by atoms with Crippen LogP contribution in [0.4, 0.5) is 16.0 Å². The van der Waals surface area contributed by atoms with Crippen LogP contribution in [0, 0.1) is 19.7 Å². The van der Waals surface area contributed by atoms with Crippen molar-refractivity contribution in [1.29, 1.82) is 0 Å². The third-order valence-corrected chi connectivity index (χ3v) is 2.09. The number of hydrogen-bond donors (Lipinski definition) is 1. The van der Waals surface area contributed by atoms with Crippen LogP contribution < -0.4 is 5.32 Å². The van der Waals surface area contributed by atoms with Crippen LogP contribution in [0.15, 0.2) is 30.5 Å². The van der Waals surface area contributed by atoms with Crippen molar-refractivity contribution in [2.45, 2.75) is 13.8 Å². The minimum atomic E-state index is -0.268. The van der Waals surface area contributed by atoms with Crippen molar-refractivity contribution in [3.8, 4) is 0 Å². The van der Waals surface area contributed by atoms with Gasteiger partial charge in [-0.1, -0.05) is 0 Å². The number of benzene rings is 1. The Hall–Kier alpha value is -1.97. The maximum absolute atomic E-state index is 13.1. The van der Waals surface area contributed by atoms with E-state index in [9.17, 15) is 4.39 Å². The van der Waals surface area contributed by atoms with Crippen molar-refractivity contribution in [3.05, 3.63) is 47.5 Å². The van der Waals surface area contributed by atoms with Crippen molar-refractivity contribution in [1.82, 2.24) is 9.97 Å². The molecule has 16 heavy (non-hydrogen) atoms. The van der Waals surface area contributed by atoms with Crippen LogP contribution in [0.1, 0.15) is 11.3 Å². The summed E-state index contributed by atoms with van der Waals surface area (Å²) in [6.45, 7) is 3.72. The first-order valence-electron chi connectivity index (χ1n) is 4.97. The molecule has 0 aliphatic carbocycles. The fraction of sp³-hybridized carbons (Fsp3) is 0.167. The summed E-state index contributed by atoms with van der Waals surface area (Å²) in [5.74, 6) is 0.208. The van der Waals surface area contributed by atoms with Gasteiger partial charge < -0.3 is 5.32 Å². The number of aromatic nitrogens is 2. The summed E-state index contributed by atoms with van der Waals surface area (Å²) in [7, 11) is 0. The molecule has 0 atom stereocenters. The third-order valence-electron chi connectivity index (χ3n) is 2.09. The van der Waals surface area contributed by atoms with Gasteiger partial charge >= 0.3 is 0 Å². The Morgan fingerprint density at radius 2 is 2.00 bits per heavy atom. The molecule has 0 fully saturated rings. The highest BCUT2D eigenvalue weighted by molar-refractivity contribution is 5.54. The van der Waals surface area contributed by atoms with Crippen LogP contribution in [0.5, 0.6) is 0 Å². The van der Waals surface area contributed by atoms with E-state index in [0.29, 0.717) is 11.6 Å². The summed E-state index contributed by atoms with van der Waals surface area (Å²) >= 11 is 0. The molecule has 4 heteroatoms. The minimum absolute atomic E-state index is 0.268. The van der Waals surface area contributed by atoms with Gasteiger partial charge in [-0.15, -0.1) is 0 Å². The number of nitrogens with one attached hydrogen (secondary N) is 1. The van der Waals surface area contributed by atoms with Gasteiger partial charge in [0.25, 0.3) is 0 Å². The van der Waals surface area contributed by atoms with Crippen molar-refractivity contribution in [2.75, 3.05) is 5.32 Å². The van der Waals surface area contributed by atoms with E-state index in [1.165, 1.54) is 12.1 Å². The second-order valence-corrected chi connectivity index (χ2v) is 3.66. The van der Waals surface area contributed by atoms with Crippen molar-refractivity contribution >= 4 is 11.6 Å². The Balaban J connectivity index is 2.27. The zero-order valence-electron chi connectivity index (χ0n) is 9.16. The van der Waals surface area contributed by atoms with Crippen LogP contribution in [-0.2, 0) is 0 Å². The smallest absolute Gasteiger partial charge is 0.227 e. The number of halogens is 1. The number of rotatable bonds is 2. The van der Waals surface area contributed by atoms with Gasteiger partial charge in [-0.2, -0.15) is 0 Å². The maximum atomic E-state index is 13.1. The van der Waals surface area contributed by atoms with Crippen molar-refractivity contribution < 1.29 is 4.39 Å². The van der Waals surface area contributed by atoms with E-state index in [2.05, 4.69) is 15.3 Å². The zero-order chi connectivity index (χ0) is 11.5. The minimum Gasteiger partial charge on any atom is -0.324 e. The summed E-state index contributed by atoms with van der Waals surface area (Å²) in [6, 6.07) is 6.54. The predicted octanol–water partition coefficient (Wildman–Crippen LogP) is 2.98. The monoisotopic (exact) mass is 217 g/mol. The molecule has 0 aliphatic rings. The predicted molar refractivity (Wildman–Crippen MR) is 61.2 cm³/mol. The van der Waals surface area contributed by atoms with E-state index in [1.54, 1.807) is 6.20 Å². The lowest BCUT2D eigenvalue weighted by Crippen LogP contribution is -1.98. The Morgan fingerprint density at radius 1 is 1.19 bits per heavy atom. The molecule has 3 nitrogen and oxygen atoms in total. The Morgan fingerprint density at radius 3 is 2.69 bits per heavy atom. The largest absolute Gasteiger partial charge is 0.324 e. The van der Waals surface area contributed by atoms with E-state index in [4.69, 9.17) is 0 Å². The van der Waals surface area contributed by atoms with Crippen LogP contribution in [0.25, 0.3) is 0 Å². The van der Waals surface area contributed by atoms with Gasteiger partial charge in [-0.3, -0.25) is 0 Å². The SMILES string of the molecule is Cc1cc(F)cc(Nc2nccc(C)n2)c1. The molecule has 0 aliphatic heterocycles. The summed E-state index contributed by atoms with van der Waals surface area (Å²) < 4.78 is 13.1. The van der Waals surface area contributed by atoms with E-state index in [0.717, 1.165) is 11.3 Å². The van der Waals surface area contributed by atoms with Gasteiger partial charge in [-0.05, 0) is 43.7 Å². The molecule has 0 saturated heterocycles. The van der Waals surface area contributed by atoms with E-state index < -0.39 is 0 Å². The highest BCUT2D eigenvalue weighted by Crippen LogP contribution is 2.16. The van der Waals surface area contributed by atoms with Crippen LogP contribution in [0.2, 0.25) is 0 Å². The molecule has 0 bridgehead atoms. The van der Waals surface area contributed by atoms with Crippen LogP contribution >= 0.6 is 0 Å². The fourth-order valence-electron chi connectivity index (χ4n) is 1.45. The number of hydrogen-bond acceptors (Lipinski definition) is 3. The molecule has 0 radical (unpaired) electrons. The molecule has 1 aromatic carbocycles. The molecule has 2 rings (SSSR count). The quantitative estimate of drug-likeness (QED) is 0.840. The second kappa shape index (κ2) is 4.26. The first kappa shape index (κ1) is 10.5. The summed E-state index contributed by atoms with van der Waals surface area (Å²) in [5.41, 5.74) is 2.38. The standard InChI is InChI=1S/C12H12FN3/c1-8-5-10(13)7-11(6-8)16-12-14-4-3-9(2)15-12/h3-7H,1-2H3,(H,14,15,16). The van der Waals surface area contributed by atoms with Gasteiger partial charge in [0.05, 0.1) is 0 Å². The second-order valence-electron chi connectivity index (χ2n) is 3.66. The average Bonchev–Trinajstić information content (AvgIpc) is 2.15. The molecular weight excluding hydrogens is 205 g/mol. The first-order valence-corrected chi connectivity index (χ1v) is 4.97. The summed E-state index contributed by atoms with van der Waals surface area (Å²) in [6.07, 6.45) is 1.66. The lowest BCUT2D eigenvalue weighted by Gasteiger charge is -2.06. The topological polar surface area (TPSA) is 37.8 Å². The molecule has 0 amide bonds. The first-order chi connectivity index (χ1) is 7.63. The lowest BCUT2D eigenvalue weighted by atomic mass is 10.2. The Bertz CT molecular complexity index is 491. The molecule has 0 saturated carbocycles. The third kappa shape index (κ3) is 2.53. The normalized spacial score (nSPS) is 10.2. The number of anilines is 2. The van der Waals surface area contributed by atoms with Gasteiger partial charge in [-0.25, -0.2) is 14.4 Å². The molecule has 0 spiro atoms. The van der Waals surface area contributed by atoms with Crippen LogP contribution in [-0.4, -0.2) is 9.97 Å². The molecule has 1 N–H and O–H groups in total. The summed E-state index contributed by atoms with van der Waals surface area (Å²) in [4.78, 5) is 8.23. The highest BCUT2D eigenvalue weighted by atomic mass is 19.1. The zero-order valence-corrected chi connectivity index (χ0v) is 9.16. The highest BCUT2D eigenvalue weighted by Gasteiger charge is 2.00. The summed E-state index contributed by atoms with van der Waals surface area (Å²) in [5, 5.41) is 2.96. The molecule has 82 valence electrons.